The van der Waals surface area contributed by atoms with Crippen molar-refractivity contribution in [3.05, 3.63) is 65.7 Å². The quantitative estimate of drug-likeness (QED) is 0.781. The highest BCUT2D eigenvalue weighted by Crippen LogP contribution is 2.22. The highest BCUT2D eigenvalue weighted by atomic mass is 32.2. The maximum Gasteiger partial charge on any atom is 0.308 e. The maximum absolute atomic E-state index is 12.7. The van der Waals surface area contributed by atoms with E-state index < -0.39 is 27.6 Å². The lowest BCUT2D eigenvalue weighted by atomic mass is 10.0. The molecule has 1 atom stereocenters. The molecule has 0 aliphatic rings. The van der Waals surface area contributed by atoms with Gasteiger partial charge in [-0.3, -0.25) is 4.79 Å². The van der Waals surface area contributed by atoms with E-state index in [9.17, 15) is 13.2 Å². The average Bonchev–Trinajstić information content (AvgIpc) is 2.53. The first-order chi connectivity index (χ1) is 12.1. The molecule has 0 amide bonds. The van der Waals surface area contributed by atoms with Crippen LogP contribution in [0.25, 0.3) is 0 Å². The molecule has 5 nitrogen and oxygen atoms in total. The molecule has 0 saturated heterocycles. The third-order valence-corrected chi connectivity index (χ3v) is 5.11. The fraction of sp³-hybridized carbons (Fsp3) is 0.350. The third-order valence-electron chi connectivity index (χ3n) is 3.62. The summed E-state index contributed by atoms with van der Waals surface area (Å²) in [5.41, 5.74) is 1.04. The highest BCUT2D eigenvalue weighted by molar-refractivity contribution is 7.89. The molecule has 1 N–H and O–H groups in total. The summed E-state index contributed by atoms with van der Waals surface area (Å²) in [5.74, 6) is -0.460. The van der Waals surface area contributed by atoms with Gasteiger partial charge >= 0.3 is 5.97 Å². The fourth-order valence-electron chi connectivity index (χ4n) is 2.44. The Kier molecular flexibility index (Phi) is 6.21. The Labute approximate surface area is 155 Å². The van der Waals surface area contributed by atoms with Gasteiger partial charge in [-0.1, -0.05) is 48.0 Å². The van der Waals surface area contributed by atoms with Crippen LogP contribution in [0.1, 0.15) is 44.4 Å². The van der Waals surface area contributed by atoms with Gasteiger partial charge in [-0.05, 0) is 45.4 Å². The van der Waals surface area contributed by atoms with Gasteiger partial charge in [0.1, 0.15) is 5.60 Å². The summed E-state index contributed by atoms with van der Waals surface area (Å²) in [6.45, 7) is 7.22. The van der Waals surface area contributed by atoms with Gasteiger partial charge in [0.15, 0.2) is 0 Å². The van der Waals surface area contributed by atoms with E-state index >= 15 is 0 Å². The molecule has 0 radical (unpaired) electrons. The lowest BCUT2D eigenvalue weighted by Gasteiger charge is -2.23. The van der Waals surface area contributed by atoms with Crippen LogP contribution >= 0.6 is 0 Å². The molecule has 0 aliphatic carbocycles. The number of aryl methyl sites for hydroxylation is 1. The first-order valence-electron chi connectivity index (χ1n) is 8.43. The van der Waals surface area contributed by atoms with Crippen LogP contribution in [0.15, 0.2) is 59.5 Å². The second-order valence-corrected chi connectivity index (χ2v) is 8.90. The summed E-state index contributed by atoms with van der Waals surface area (Å²) in [6.07, 6.45) is -0.0909. The number of esters is 1. The molecule has 2 aromatic rings. The molecule has 0 aromatic heterocycles. The van der Waals surface area contributed by atoms with Crippen molar-refractivity contribution in [2.24, 2.45) is 0 Å². The summed E-state index contributed by atoms with van der Waals surface area (Å²) in [5, 5.41) is 0. The molecule has 2 aromatic carbocycles. The van der Waals surface area contributed by atoms with Crippen LogP contribution in [0.2, 0.25) is 0 Å². The second-order valence-electron chi connectivity index (χ2n) is 7.19. The zero-order valence-corrected chi connectivity index (χ0v) is 16.3. The molecule has 2 rings (SSSR count). The molecular weight excluding hydrogens is 350 g/mol. The molecule has 0 aliphatic heterocycles. The summed E-state index contributed by atoms with van der Waals surface area (Å²) in [7, 11) is -3.77. The van der Waals surface area contributed by atoms with Crippen LogP contribution < -0.4 is 4.72 Å². The largest absolute Gasteiger partial charge is 0.460 e. The van der Waals surface area contributed by atoms with E-state index in [1.54, 1.807) is 69.3 Å². The van der Waals surface area contributed by atoms with E-state index in [1.807, 2.05) is 13.0 Å². The van der Waals surface area contributed by atoms with Gasteiger partial charge in [0.25, 0.3) is 0 Å². The number of hydrogen-bond donors (Lipinski definition) is 1. The Hall–Kier alpha value is -2.18. The first kappa shape index (κ1) is 20.1. The number of benzene rings is 2. The maximum atomic E-state index is 12.7. The van der Waals surface area contributed by atoms with Gasteiger partial charge in [-0.15, -0.1) is 0 Å². The number of hydrogen-bond acceptors (Lipinski definition) is 4. The minimum Gasteiger partial charge on any atom is -0.460 e. The Morgan fingerprint density at radius 2 is 1.62 bits per heavy atom. The molecule has 0 spiro atoms. The van der Waals surface area contributed by atoms with Crippen molar-refractivity contribution in [2.45, 2.75) is 50.7 Å². The average molecular weight is 375 g/mol. The number of sulfonamides is 1. The Bertz CT molecular complexity index is 838. The summed E-state index contributed by atoms with van der Waals surface area (Å²) >= 11 is 0. The van der Waals surface area contributed by atoms with Gasteiger partial charge < -0.3 is 4.74 Å². The van der Waals surface area contributed by atoms with Crippen LogP contribution in [0, 0.1) is 6.92 Å². The zero-order chi connectivity index (χ0) is 19.4. The van der Waals surface area contributed by atoms with Crippen molar-refractivity contribution < 1.29 is 17.9 Å². The Morgan fingerprint density at radius 3 is 2.15 bits per heavy atom. The van der Waals surface area contributed by atoms with E-state index in [-0.39, 0.29) is 11.3 Å². The summed E-state index contributed by atoms with van der Waals surface area (Å²) in [6, 6.07) is 14.9. The second kappa shape index (κ2) is 8.01. The first-order valence-corrected chi connectivity index (χ1v) is 9.91. The highest BCUT2D eigenvalue weighted by Gasteiger charge is 2.26. The van der Waals surface area contributed by atoms with Gasteiger partial charge in [0, 0.05) is 0 Å². The van der Waals surface area contributed by atoms with E-state index in [4.69, 9.17) is 4.74 Å². The Morgan fingerprint density at radius 1 is 1.04 bits per heavy atom. The third kappa shape index (κ3) is 5.97. The topological polar surface area (TPSA) is 72.5 Å². The van der Waals surface area contributed by atoms with Gasteiger partial charge in [0.2, 0.25) is 10.0 Å². The summed E-state index contributed by atoms with van der Waals surface area (Å²) < 4.78 is 33.4. The minimum absolute atomic E-state index is 0.0909. The molecule has 0 bridgehead atoms. The smallest absolute Gasteiger partial charge is 0.308 e. The van der Waals surface area contributed by atoms with Crippen molar-refractivity contribution in [3.8, 4) is 0 Å². The molecular formula is C20H25NO4S. The zero-order valence-electron chi connectivity index (χ0n) is 15.5. The van der Waals surface area contributed by atoms with Crippen LogP contribution in [-0.4, -0.2) is 20.0 Å². The predicted molar refractivity (Wildman–Crippen MR) is 101 cm³/mol. The normalized spacial score (nSPS) is 13.2. The van der Waals surface area contributed by atoms with E-state index in [1.165, 1.54) is 0 Å². The van der Waals surface area contributed by atoms with Crippen molar-refractivity contribution in [1.29, 1.82) is 0 Å². The SMILES string of the molecule is Cc1ccc(S(=O)(=O)N[C@@H](CC(=O)OC(C)(C)C)c2ccccc2)cc1. The summed E-state index contributed by atoms with van der Waals surface area (Å²) in [4.78, 5) is 12.4. The number of rotatable bonds is 6. The molecule has 140 valence electrons. The van der Waals surface area contributed by atoms with E-state index in [0.717, 1.165) is 5.56 Å². The van der Waals surface area contributed by atoms with Crippen molar-refractivity contribution >= 4 is 16.0 Å². The molecule has 0 fully saturated rings. The molecule has 0 saturated carbocycles. The van der Waals surface area contributed by atoms with Crippen molar-refractivity contribution in [1.82, 2.24) is 4.72 Å². The molecule has 0 unspecified atom stereocenters. The van der Waals surface area contributed by atoms with Gasteiger partial charge in [-0.2, -0.15) is 0 Å². The standard InChI is InChI=1S/C20H25NO4S/c1-15-10-12-17(13-11-15)26(23,24)21-18(16-8-6-5-7-9-16)14-19(22)25-20(2,3)4/h5-13,18,21H,14H2,1-4H3/t18-/m0/s1. The molecule has 0 heterocycles. The van der Waals surface area contributed by atoms with E-state index in [2.05, 4.69) is 4.72 Å². The van der Waals surface area contributed by atoms with Crippen molar-refractivity contribution in [3.63, 3.8) is 0 Å². The van der Waals surface area contributed by atoms with Crippen molar-refractivity contribution in [2.75, 3.05) is 0 Å². The predicted octanol–water partition coefficient (Wildman–Crippen LogP) is 3.75. The number of ether oxygens (including phenoxy) is 1. The fourth-order valence-corrected chi connectivity index (χ4v) is 3.66. The number of nitrogens with one attached hydrogen (secondary N) is 1. The van der Waals surface area contributed by atoms with Gasteiger partial charge in [0.05, 0.1) is 17.4 Å². The minimum atomic E-state index is -3.77. The van der Waals surface area contributed by atoms with Gasteiger partial charge in [-0.25, -0.2) is 13.1 Å². The number of carbonyl (C=O) groups is 1. The van der Waals surface area contributed by atoms with Crippen LogP contribution in [-0.2, 0) is 19.6 Å². The lowest BCUT2D eigenvalue weighted by molar-refractivity contribution is -0.155. The number of carbonyl (C=O) groups excluding carboxylic acids is 1. The molecule has 6 heteroatoms. The lowest BCUT2D eigenvalue weighted by Crippen LogP contribution is -2.32. The Balaban J connectivity index is 2.26. The van der Waals surface area contributed by atoms with Crippen LogP contribution in [0.5, 0.6) is 0 Å². The van der Waals surface area contributed by atoms with Crippen LogP contribution in [0.4, 0.5) is 0 Å². The molecule has 26 heavy (non-hydrogen) atoms. The van der Waals surface area contributed by atoms with Crippen LogP contribution in [0.3, 0.4) is 0 Å². The monoisotopic (exact) mass is 375 g/mol. The van der Waals surface area contributed by atoms with E-state index in [0.29, 0.717) is 5.56 Å².